The van der Waals surface area contributed by atoms with Crippen molar-refractivity contribution in [3.63, 3.8) is 0 Å². The van der Waals surface area contributed by atoms with E-state index >= 15 is 0 Å². The molecule has 4 rings (SSSR count). The molecule has 1 saturated carbocycles. The molecule has 3 nitrogen and oxygen atoms in total. The Kier molecular flexibility index (Phi) is 3.28. The van der Waals surface area contributed by atoms with E-state index in [1.807, 2.05) is 18.2 Å². The molecule has 1 aliphatic rings. The number of rotatable bonds is 2. The second-order valence-corrected chi connectivity index (χ2v) is 7.63. The van der Waals surface area contributed by atoms with Crippen LogP contribution in [-0.4, -0.2) is 9.97 Å². The molecular formula is C16H17N3S2. The van der Waals surface area contributed by atoms with E-state index in [9.17, 15) is 0 Å². The van der Waals surface area contributed by atoms with E-state index in [2.05, 4.69) is 16.4 Å². The predicted octanol–water partition coefficient (Wildman–Crippen LogP) is 4.54. The van der Waals surface area contributed by atoms with E-state index in [4.69, 9.17) is 10.7 Å². The van der Waals surface area contributed by atoms with Crippen molar-refractivity contribution in [2.75, 3.05) is 0 Å². The Morgan fingerprint density at radius 3 is 2.67 bits per heavy atom. The lowest BCUT2D eigenvalue weighted by Crippen LogP contribution is -2.38. The summed E-state index contributed by atoms with van der Waals surface area (Å²) in [5, 5.41) is 4.19. The molecule has 0 bridgehead atoms. The van der Waals surface area contributed by atoms with Gasteiger partial charge in [0.25, 0.3) is 0 Å². The fourth-order valence-corrected chi connectivity index (χ4v) is 4.96. The Morgan fingerprint density at radius 1 is 1.05 bits per heavy atom. The fraction of sp³-hybridized carbons (Fsp3) is 0.375. The average molecular weight is 315 g/mol. The van der Waals surface area contributed by atoms with E-state index in [1.165, 1.54) is 24.0 Å². The maximum Gasteiger partial charge on any atom is 0.143 e. The maximum absolute atomic E-state index is 6.58. The molecule has 0 amide bonds. The highest BCUT2D eigenvalue weighted by Crippen LogP contribution is 2.38. The summed E-state index contributed by atoms with van der Waals surface area (Å²) < 4.78 is 1.21. The molecule has 2 N–H and O–H groups in total. The molecular weight excluding hydrogens is 298 g/mol. The summed E-state index contributed by atoms with van der Waals surface area (Å²) in [5.74, 6) is 0. The van der Waals surface area contributed by atoms with Crippen molar-refractivity contribution in [2.45, 2.75) is 37.6 Å². The smallest absolute Gasteiger partial charge is 0.143 e. The number of fused-ring (bicyclic) bond motifs is 1. The van der Waals surface area contributed by atoms with Gasteiger partial charge in [-0.3, -0.25) is 0 Å². The first kappa shape index (κ1) is 13.4. The highest BCUT2D eigenvalue weighted by molar-refractivity contribution is 7.21. The van der Waals surface area contributed by atoms with Crippen LogP contribution < -0.4 is 5.73 Å². The van der Waals surface area contributed by atoms with Crippen LogP contribution in [0.1, 0.15) is 37.1 Å². The van der Waals surface area contributed by atoms with E-state index in [-0.39, 0.29) is 5.54 Å². The Balaban J connectivity index is 1.70. The van der Waals surface area contributed by atoms with E-state index in [0.717, 1.165) is 34.1 Å². The van der Waals surface area contributed by atoms with Crippen LogP contribution in [0.5, 0.6) is 0 Å². The Hall–Kier alpha value is -1.30. The summed E-state index contributed by atoms with van der Waals surface area (Å²) in [7, 11) is 0. The summed E-state index contributed by atoms with van der Waals surface area (Å²) in [6.07, 6.45) is 5.84. The molecule has 1 aliphatic carbocycles. The Labute approximate surface area is 131 Å². The van der Waals surface area contributed by atoms with Gasteiger partial charge in [-0.15, -0.1) is 22.7 Å². The molecule has 2 heterocycles. The zero-order valence-corrected chi connectivity index (χ0v) is 13.3. The largest absolute Gasteiger partial charge is 0.319 e. The van der Waals surface area contributed by atoms with Crippen molar-refractivity contribution in [2.24, 2.45) is 5.73 Å². The van der Waals surface area contributed by atoms with Crippen LogP contribution in [0.4, 0.5) is 0 Å². The lowest BCUT2D eigenvalue weighted by atomic mass is 9.83. The lowest BCUT2D eigenvalue weighted by Gasteiger charge is -2.31. The fourth-order valence-electron chi connectivity index (χ4n) is 2.98. The minimum absolute atomic E-state index is 0.210. The number of para-hydroxylation sites is 1. The maximum atomic E-state index is 6.58. The highest BCUT2D eigenvalue weighted by Gasteiger charge is 2.32. The van der Waals surface area contributed by atoms with Gasteiger partial charge in [-0.25, -0.2) is 9.97 Å². The number of nitrogens with two attached hydrogens (primary N) is 1. The van der Waals surface area contributed by atoms with E-state index in [1.54, 1.807) is 22.7 Å². The minimum atomic E-state index is -0.210. The standard InChI is InChI=1S/C16H17N3S2/c17-16(8-4-1-5-9-16)15-19-12(10-20-15)14-18-11-6-2-3-7-13(11)21-14/h2-3,6-7,10H,1,4-5,8-9,17H2. The molecule has 1 fully saturated rings. The molecule has 0 spiro atoms. The van der Waals surface area contributed by atoms with Crippen molar-refractivity contribution >= 4 is 32.9 Å². The number of hydrogen-bond donors (Lipinski definition) is 1. The van der Waals surface area contributed by atoms with Crippen LogP contribution in [0, 0.1) is 0 Å². The van der Waals surface area contributed by atoms with Crippen molar-refractivity contribution in [3.8, 4) is 10.7 Å². The van der Waals surface area contributed by atoms with E-state index < -0.39 is 0 Å². The van der Waals surface area contributed by atoms with Gasteiger partial charge in [0.15, 0.2) is 0 Å². The van der Waals surface area contributed by atoms with Gasteiger partial charge in [-0.05, 0) is 25.0 Å². The van der Waals surface area contributed by atoms with Gasteiger partial charge in [0.1, 0.15) is 15.7 Å². The van der Waals surface area contributed by atoms with Gasteiger partial charge in [0, 0.05) is 5.38 Å². The van der Waals surface area contributed by atoms with Crippen molar-refractivity contribution in [3.05, 3.63) is 34.7 Å². The molecule has 0 radical (unpaired) electrons. The van der Waals surface area contributed by atoms with Crippen molar-refractivity contribution in [1.29, 1.82) is 0 Å². The molecule has 0 atom stereocenters. The summed E-state index contributed by atoms with van der Waals surface area (Å²) in [6, 6.07) is 8.23. The van der Waals surface area contributed by atoms with Crippen LogP contribution in [0.3, 0.4) is 0 Å². The van der Waals surface area contributed by atoms with Crippen molar-refractivity contribution in [1.82, 2.24) is 9.97 Å². The van der Waals surface area contributed by atoms with Gasteiger partial charge in [-0.2, -0.15) is 0 Å². The molecule has 0 unspecified atom stereocenters. The second-order valence-electron chi connectivity index (χ2n) is 5.74. The number of aromatic nitrogens is 2. The highest BCUT2D eigenvalue weighted by atomic mass is 32.1. The third-order valence-corrected chi connectivity index (χ3v) is 6.31. The van der Waals surface area contributed by atoms with Gasteiger partial charge >= 0.3 is 0 Å². The molecule has 5 heteroatoms. The SMILES string of the molecule is NC1(c2nc(-c3nc4ccccc4s3)cs2)CCCCC1. The average Bonchev–Trinajstić information content (AvgIpc) is 3.15. The first-order valence-electron chi connectivity index (χ1n) is 7.35. The summed E-state index contributed by atoms with van der Waals surface area (Å²) in [4.78, 5) is 9.50. The van der Waals surface area contributed by atoms with Crippen LogP contribution in [0.15, 0.2) is 29.6 Å². The molecule has 0 aliphatic heterocycles. The topological polar surface area (TPSA) is 51.8 Å². The molecule has 3 aromatic rings. The lowest BCUT2D eigenvalue weighted by molar-refractivity contribution is 0.301. The normalized spacial score (nSPS) is 18.1. The third-order valence-electron chi connectivity index (χ3n) is 4.19. The summed E-state index contributed by atoms with van der Waals surface area (Å²) >= 11 is 3.39. The minimum Gasteiger partial charge on any atom is -0.319 e. The predicted molar refractivity (Wildman–Crippen MR) is 89.7 cm³/mol. The monoisotopic (exact) mass is 315 g/mol. The van der Waals surface area contributed by atoms with Crippen LogP contribution in [-0.2, 0) is 5.54 Å². The number of hydrogen-bond acceptors (Lipinski definition) is 5. The summed E-state index contributed by atoms with van der Waals surface area (Å²) in [5.41, 5.74) is 8.39. The van der Waals surface area contributed by atoms with Crippen LogP contribution >= 0.6 is 22.7 Å². The molecule has 108 valence electrons. The van der Waals surface area contributed by atoms with Gasteiger partial charge in [0.2, 0.25) is 0 Å². The Morgan fingerprint density at radius 2 is 1.86 bits per heavy atom. The second kappa shape index (κ2) is 5.16. The van der Waals surface area contributed by atoms with Crippen LogP contribution in [0.2, 0.25) is 0 Å². The van der Waals surface area contributed by atoms with Crippen molar-refractivity contribution < 1.29 is 0 Å². The zero-order valence-electron chi connectivity index (χ0n) is 11.7. The third kappa shape index (κ3) is 2.39. The number of benzene rings is 1. The van der Waals surface area contributed by atoms with Gasteiger partial charge < -0.3 is 5.73 Å². The van der Waals surface area contributed by atoms with Gasteiger partial charge in [-0.1, -0.05) is 31.4 Å². The van der Waals surface area contributed by atoms with Crippen LogP contribution in [0.25, 0.3) is 20.9 Å². The first-order valence-corrected chi connectivity index (χ1v) is 9.05. The van der Waals surface area contributed by atoms with Gasteiger partial charge in [0.05, 0.1) is 15.8 Å². The van der Waals surface area contributed by atoms with E-state index in [0.29, 0.717) is 0 Å². The first-order chi connectivity index (χ1) is 10.2. The Bertz CT molecular complexity index is 736. The number of nitrogens with zero attached hydrogens (tertiary/aromatic N) is 2. The summed E-state index contributed by atoms with van der Waals surface area (Å²) in [6.45, 7) is 0. The molecule has 2 aromatic heterocycles. The zero-order chi connectivity index (χ0) is 14.3. The molecule has 0 saturated heterocycles. The quantitative estimate of drug-likeness (QED) is 0.755. The molecule has 1 aromatic carbocycles. The number of thiazole rings is 2. The molecule has 21 heavy (non-hydrogen) atoms.